The molecule has 436 valence electrons. The van der Waals surface area contributed by atoms with Gasteiger partial charge in [0.05, 0.1) is 12.1 Å². The van der Waals surface area contributed by atoms with Gasteiger partial charge >= 0.3 is 43.4 Å². The molecule has 0 unspecified atom stereocenters. The number of halogens is 4. The van der Waals surface area contributed by atoms with Crippen LogP contribution in [0.3, 0.4) is 0 Å². The van der Waals surface area contributed by atoms with Gasteiger partial charge in [0.2, 0.25) is 0 Å². The summed E-state index contributed by atoms with van der Waals surface area (Å²) in [5, 5.41) is 78.1. The molecule has 0 bridgehead atoms. The number of nitrogens with zero attached hydrogens (tertiary/aromatic N) is 2. The minimum absolute atomic E-state index is 0. The third-order valence-electron chi connectivity index (χ3n) is 14.1. The molecule has 85 heavy (non-hydrogen) atoms. The van der Waals surface area contributed by atoms with E-state index < -0.39 is 0 Å². The number of rotatable bonds is 14. The van der Waals surface area contributed by atoms with Crippen LogP contribution in [0.2, 0.25) is 0 Å². The van der Waals surface area contributed by atoms with Gasteiger partial charge in [0.15, 0.2) is 0 Å². The molecule has 17 heteroatoms. The molecule has 2 aliphatic rings. The summed E-state index contributed by atoms with van der Waals surface area (Å²) in [6, 6.07) is 54.2. The number of nitrogens with one attached hydrogen (secondary N) is 2. The third kappa shape index (κ3) is 21.3. The summed E-state index contributed by atoms with van der Waals surface area (Å²) in [4.78, 5) is 9.79. The number of hydrogen-bond acceptors (Lipinski definition) is 10. The van der Waals surface area contributed by atoms with Crippen molar-refractivity contribution in [3.05, 3.63) is 210 Å². The SMILES string of the molecule is CC[O-].CC[O-].[O-2].[O-]c1c(C=N[C@@H]2CCCC[C@H]2NCc2cc(Br)cc(-c3ccccc3)c2[O-])cc(Br)cc1-c1ccccc1.[O-]c1c(C=N[C@@H]2CCCC[C@H]2NCc2cc(Br)cc(-c3ccccc3)c2[O-])cc(Br)cc1-c1ccccc1.[Ti+4].[Ti+4]. The molecule has 2 fully saturated rings. The van der Waals surface area contributed by atoms with Gasteiger partial charge in [-0.15, -0.1) is 13.2 Å². The first-order valence-corrected chi connectivity index (χ1v) is 30.9. The van der Waals surface area contributed by atoms with Crippen LogP contribution in [-0.2, 0) is 62.0 Å². The second-order valence-electron chi connectivity index (χ2n) is 19.9. The minimum Gasteiger partial charge on any atom is -2.00 e. The molecule has 0 heterocycles. The number of aliphatic imine (C=N–C) groups is 2. The van der Waals surface area contributed by atoms with Crippen molar-refractivity contribution in [1.82, 2.24) is 10.6 Å². The summed E-state index contributed by atoms with van der Waals surface area (Å²) in [5.41, 5.74) is 8.93. The Hall–Kier alpha value is -4.55. The third-order valence-corrected chi connectivity index (χ3v) is 16.0. The van der Waals surface area contributed by atoms with Gasteiger partial charge in [0.1, 0.15) is 0 Å². The summed E-state index contributed by atoms with van der Waals surface area (Å²) in [7, 11) is 0. The average Bonchev–Trinajstić information content (AvgIpc) is 3.23. The fraction of sp³-hybridized carbons (Fsp3) is 0.265. The molecule has 11 nitrogen and oxygen atoms in total. The minimum atomic E-state index is -0.0259. The van der Waals surface area contributed by atoms with E-state index in [4.69, 9.17) is 20.2 Å². The van der Waals surface area contributed by atoms with Crippen molar-refractivity contribution in [2.75, 3.05) is 13.2 Å². The molecule has 0 saturated heterocycles. The van der Waals surface area contributed by atoms with Crippen LogP contribution >= 0.6 is 63.7 Å². The van der Waals surface area contributed by atoms with Gasteiger partial charge in [0, 0.05) is 55.5 Å². The monoisotopic (exact) mass is 1460 g/mol. The van der Waals surface area contributed by atoms with Crippen molar-refractivity contribution in [2.45, 2.75) is 102 Å². The molecular weight excluding hydrogens is 1400 g/mol. The van der Waals surface area contributed by atoms with Crippen molar-refractivity contribution in [3.8, 4) is 67.5 Å². The van der Waals surface area contributed by atoms with Crippen molar-refractivity contribution in [3.63, 3.8) is 0 Å². The van der Waals surface area contributed by atoms with E-state index in [9.17, 15) is 20.4 Å². The fourth-order valence-electron chi connectivity index (χ4n) is 10.2. The predicted octanol–water partition coefficient (Wildman–Crippen LogP) is 13.0. The summed E-state index contributed by atoms with van der Waals surface area (Å²) < 4.78 is 3.47. The Kier molecular flexibility index (Phi) is 32.6. The molecule has 0 aromatic heterocycles. The first kappa shape index (κ1) is 72.9. The van der Waals surface area contributed by atoms with E-state index in [-0.39, 0.29) is 109 Å². The smallest absolute Gasteiger partial charge is 2.00 e. The molecule has 8 aromatic carbocycles. The zero-order chi connectivity index (χ0) is 58.4. The van der Waals surface area contributed by atoms with E-state index >= 15 is 0 Å². The molecular formula is C68H66Br4N4O7Ti2. The Balaban J connectivity index is 0.000000323. The van der Waals surface area contributed by atoms with Gasteiger partial charge in [-0.05, 0) is 141 Å². The molecule has 2 aliphatic carbocycles. The summed E-state index contributed by atoms with van der Waals surface area (Å²) in [5.74, 6) is 0.0340. The molecule has 2 saturated carbocycles. The zero-order valence-electron chi connectivity index (χ0n) is 47.4. The van der Waals surface area contributed by atoms with Crippen LogP contribution in [0.4, 0.5) is 0 Å². The van der Waals surface area contributed by atoms with Crippen molar-refractivity contribution in [2.24, 2.45) is 9.98 Å². The standard InChI is InChI=1S/2C32H30Br2N2O2.2C2H5O.O.2Ti/c2*33-25-15-23(31(37)27(17-25)21-9-3-1-4-10-21)19-35-29-13-7-8-14-30(29)36-20-24-16-26(34)18-28(32(24)38)22-11-5-2-6-12-22;2*1-2-3;;;/h2*1-6,9-12,15-19,29-30,36-38H,7-8,13-14,20H2;2*2H2,1H3;;;/q;;2*-1;-2;2*+4/p-4/t2*29-,30-;;;;;/m11...../s1. The first-order chi connectivity index (χ1) is 39.8. The van der Waals surface area contributed by atoms with Crippen LogP contribution in [0.15, 0.2) is 198 Å². The zero-order valence-corrected chi connectivity index (χ0v) is 56.8. The maximum atomic E-state index is 13.3. The maximum absolute atomic E-state index is 13.3. The molecule has 2 N–H and O–H groups in total. The average molecular weight is 1470 g/mol. The van der Waals surface area contributed by atoms with Crippen LogP contribution in [0.5, 0.6) is 23.0 Å². The first-order valence-electron chi connectivity index (χ1n) is 27.7. The molecule has 0 radical (unpaired) electrons. The van der Waals surface area contributed by atoms with Crippen LogP contribution in [0.1, 0.15) is 87.5 Å². The number of benzene rings is 8. The second kappa shape index (κ2) is 38.0. The van der Waals surface area contributed by atoms with Gasteiger partial charge in [-0.2, -0.15) is 0 Å². The van der Waals surface area contributed by atoms with Crippen molar-refractivity contribution >= 4 is 76.1 Å². The Labute approximate surface area is 564 Å². The molecule has 8 aromatic rings. The Morgan fingerprint density at radius 3 is 0.965 bits per heavy atom. The molecule has 10 rings (SSSR count). The Bertz CT molecular complexity index is 3130. The molecule has 0 amide bonds. The second-order valence-corrected chi connectivity index (χ2v) is 23.6. The molecule has 0 aliphatic heterocycles. The number of hydrogen-bond donors (Lipinski definition) is 2. The van der Waals surface area contributed by atoms with Gasteiger partial charge in [-0.3, -0.25) is 9.98 Å². The molecule has 0 spiro atoms. The summed E-state index contributed by atoms with van der Waals surface area (Å²) in [6.45, 7) is 4.08. The normalized spacial score (nSPS) is 16.2. The van der Waals surface area contributed by atoms with Gasteiger partial charge < -0.3 is 46.7 Å². The quantitative estimate of drug-likeness (QED) is 0.0787. The van der Waals surface area contributed by atoms with Crippen molar-refractivity contribution in [1.29, 1.82) is 0 Å². The Morgan fingerprint density at radius 2 is 0.671 bits per heavy atom. The van der Waals surface area contributed by atoms with Crippen molar-refractivity contribution < 1.29 is 79.6 Å². The van der Waals surface area contributed by atoms with E-state index in [0.717, 1.165) is 103 Å². The van der Waals surface area contributed by atoms with E-state index in [2.05, 4.69) is 74.4 Å². The fourth-order valence-corrected chi connectivity index (χ4v) is 12.2. The Morgan fingerprint density at radius 1 is 0.412 bits per heavy atom. The van der Waals surface area contributed by atoms with E-state index in [1.807, 2.05) is 170 Å². The van der Waals surface area contributed by atoms with Gasteiger partial charge in [-0.1, -0.05) is 248 Å². The van der Waals surface area contributed by atoms with Crippen LogP contribution < -0.4 is 41.3 Å². The summed E-state index contributed by atoms with van der Waals surface area (Å²) >= 11 is 14.3. The van der Waals surface area contributed by atoms with E-state index in [1.165, 1.54) is 0 Å². The van der Waals surface area contributed by atoms with Gasteiger partial charge in [-0.25, -0.2) is 0 Å². The predicted molar refractivity (Wildman–Crippen MR) is 339 cm³/mol. The van der Waals surface area contributed by atoms with E-state index in [0.29, 0.717) is 46.5 Å². The van der Waals surface area contributed by atoms with Crippen LogP contribution in [0.25, 0.3) is 44.5 Å². The largest absolute Gasteiger partial charge is 4.00 e. The topological polar surface area (TPSA) is 216 Å². The maximum Gasteiger partial charge on any atom is 4.00 e. The van der Waals surface area contributed by atoms with E-state index in [1.54, 1.807) is 26.3 Å². The summed E-state index contributed by atoms with van der Waals surface area (Å²) in [6.07, 6.45) is 11.7. The molecule has 4 atom stereocenters. The van der Waals surface area contributed by atoms with Gasteiger partial charge in [0.25, 0.3) is 0 Å². The van der Waals surface area contributed by atoms with Crippen LogP contribution in [0, 0.1) is 0 Å². The van der Waals surface area contributed by atoms with Crippen LogP contribution in [-0.4, -0.2) is 49.8 Å².